The summed E-state index contributed by atoms with van der Waals surface area (Å²) in [6, 6.07) is 1.82. The van der Waals surface area contributed by atoms with Crippen LogP contribution in [0.25, 0.3) is 0 Å². The van der Waals surface area contributed by atoms with Gasteiger partial charge < -0.3 is 14.2 Å². The van der Waals surface area contributed by atoms with Gasteiger partial charge >= 0.3 is 5.97 Å². The molecule has 0 N–H and O–H groups in total. The SMILES string of the molecule is COC(=O)C(C#N)CC(OC)OC. The van der Waals surface area contributed by atoms with Gasteiger partial charge in [0.15, 0.2) is 6.29 Å². The number of carbonyl (C=O) groups is 1. The fourth-order valence-electron chi connectivity index (χ4n) is 0.825. The van der Waals surface area contributed by atoms with Crippen molar-refractivity contribution in [2.24, 2.45) is 5.92 Å². The predicted molar refractivity (Wildman–Crippen MR) is 43.5 cm³/mol. The highest BCUT2D eigenvalue weighted by Gasteiger charge is 2.23. The zero-order chi connectivity index (χ0) is 10.3. The van der Waals surface area contributed by atoms with Crippen molar-refractivity contribution in [1.29, 1.82) is 5.26 Å². The average molecular weight is 187 g/mol. The molecule has 1 unspecified atom stereocenters. The number of methoxy groups -OCH3 is 3. The average Bonchev–Trinajstić information content (AvgIpc) is 2.19. The van der Waals surface area contributed by atoms with Gasteiger partial charge in [0.05, 0.1) is 13.2 Å². The zero-order valence-electron chi connectivity index (χ0n) is 7.94. The first-order valence-electron chi connectivity index (χ1n) is 3.72. The van der Waals surface area contributed by atoms with Crippen molar-refractivity contribution in [3.05, 3.63) is 0 Å². The van der Waals surface area contributed by atoms with Crippen LogP contribution in [0.1, 0.15) is 6.42 Å². The maximum atomic E-state index is 11.0. The number of esters is 1. The molecule has 0 saturated heterocycles. The third-order valence-electron chi connectivity index (χ3n) is 1.60. The molecule has 0 aliphatic rings. The first-order valence-corrected chi connectivity index (χ1v) is 3.72. The highest BCUT2D eigenvalue weighted by molar-refractivity contribution is 5.74. The summed E-state index contributed by atoms with van der Waals surface area (Å²) < 4.78 is 14.1. The maximum absolute atomic E-state index is 11.0. The minimum Gasteiger partial charge on any atom is -0.468 e. The van der Waals surface area contributed by atoms with Crippen molar-refractivity contribution in [2.45, 2.75) is 12.7 Å². The third kappa shape index (κ3) is 3.87. The highest BCUT2D eigenvalue weighted by atomic mass is 16.7. The topological polar surface area (TPSA) is 68.6 Å². The van der Waals surface area contributed by atoms with E-state index in [-0.39, 0.29) is 6.42 Å². The van der Waals surface area contributed by atoms with Gasteiger partial charge in [-0.15, -0.1) is 0 Å². The second kappa shape index (κ2) is 6.40. The van der Waals surface area contributed by atoms with Crippen molar-refractivity contribution in [1.82, 2.24) is 0 Å². The predicted octanol–water partition coefficient (Wildman–Crippen LogP) is 0.308. The van der Waals surface area contributed by atoms with Gasteiger partial charge in [0.2, 0.25) is 0 Å². The zero-order valence-corrected chi connectivity index (χ0v) is 7.94. The molecule has 1 atom stereocenters. The number of carbonyl (C=O) groups excluding carboxylic acids is 1. The van der Waals surface area contributed by atoms with Gasteiger partial charge in [-0.25, -0.2) is 0 Å². The smallest absolute Gasteiger partial charge is 0.323 e. The summed E-state index contributed by atoms with van der Waals surface area (Å²) in [6.45, 7) is 0. The van der Waals surface area contributed by atoms with Crippen LogP contribution in [0.15, 0.2) is 0 Å². The van der Waals surface area contributed by atoms with Crippen molar-refractivity contribution in [2.75, 3.05) is 21.3 Å². The molecule has 0 rings (SSSR count). The fraction of sp³-hybridized carbons (Fsp3) is 0.750. The molecule has 0 heterocycles. The Labute approximate surface area is 77.2 Å². The summed E-state index contributed by atoms with van der Waals surface area (Å²) in [5, 5.41) is 8.61. The molecule has 5 nitrogen and oxygen atoms in total. The van der Waals surface area contributed by atoms with E-state index in [9.17, 15) is 4.79 Å². The lowest BCUT2D eigenvalue weighted by atomic mass is 10.1. The third-order valence-corrected chi connectivity index (χ3v) is 1.60. The quantitative estimate of drug-likeness (QED) is 0.457. The standard InChI is InChI=1S/C8H13NO4/c1-11-7(12-2)4-6(5-9)8(10)13-3/h6-7H,4H2,1-3H3. The van der Waals surface area contributed by atoms with Crippen LogP contribution in [0.4, 0.5) is 0 Å². The molecular weight excluding hydrogens is 174 g/mol. The number of nitrogens with zero attached hydrogens (tertiary/aromatic N) is 1. The van der Waals surface area contributed by atoms with E-state index in [0.29, 0.717) is 0 Å². The summed E-state index contributed by atoms with van der Waals surface area (Å²) >= 11 is 0. The van der Waals surface area contributed by atoms with Gasteiger partial charge in [-0.1, -0.05) is 0 Å². The van der Waals surface area contributed by atoms with E-state index in [4.69, 9.17) is 14.7 Å². The van der Waals surface area contributed by atoms with Gasteiger partial charge in [0.25, 0.3) is 0 Å². The summed E-state index contributed by atoms with van der Waals surface area (Å²) in [7, 11) is 4.13. The molecule has 13 heavy (non-hydrogen) atoms. The molecule has 74 valence electrons. The van der Waals surface area contributed by atoms with Crippen molar-refractivity contribution < 1.29 is 19.0 Å². The first kappa shape index (κ1) is 11.9. The van der Waals surface area contributed by atoms with Gasteiger partial charge in [-0.05, 0) is 0 Å². The van der Waals surface area contributed by atoms with E-state index in [1.54, 1.807) is 0 Å². The molecule has 0 saturated carbocycles. The molecule has 0 aromatic carbocycles. The Bertz CT molecular complexity index is 195. The van der Waals surface area contributed by atoms with Crippen molar-refractivity contribution >= 4 is 5.97 Å². The second-order valence-corrected chi connectivity index (χ2v) is 2.34. The van der Waals surface area contributed by atoms with Gasteiger partial charge in [-0.3, -0.25) is 4.79 Å². The van der Waals surface area contributed by atoms with Gasteiger partial charge in [-0.2, -0.15) is 5.26 Å². The van der Waals surface area contributed by atoms with Crippen LogP contribution in [0, 0.1) is 17.2 Å². The van der Waals surface area contributed by atoms with E-state index >= 15 is 0 Å². The number of hydrogen-bond donors (Lipinski definition) is 0. The Balaban J connectivity index is 4.13. The Hall–Kier alpha value is -1.12. The van der Waals surface area contributed by atoms with Crippen LogP contribution in [-0.2, 0) is 19.0 Å². The number of hydrogen-bond acceptors (Lipinski definition) is 5. The lowest BCUT2D eigenvalue weighted by Crippen LogP contribution is -2.23. The summed E-state index contributed by atoms with van der Waals surface area (Å²) in [5.41, 5.74) is 0. The molecular formula is C8H13NO4. The lowest BCUT2D eigenvalue weighted by molar-refractivity contribution is -0.150. The van der Waals surface area contributed by atoms with E-state index in [1.165, 1.54) is 21.3 Å². The van der Waals surface area contributed by atoms with Gasteiger partial charge in [0.1, 0.15) is 5.92 Å². The Morgan fingerprint density at radius 3 is 2.23 bits per heavy atom. The minimum absolute atomic E-state index is 0.177. The largest absolute Gasteiger partial charge is 0.468 e. The normalized spacial score (nSPS) is 12.2. The molecule has 0 aromatic heterocycles. The Morgan fingerprint density at radius 2 is 1.92 bits per heavy atom. The number of nitriles is 1. The summed E-state index contributed by atoms with van der Waals surface area (Å²) in [5.74, 6) is -1.41. The molecule has 0 spiro atoms. The molecule has 0 bridgehead atoms. The fourth-order valence-corrected chi connectivity index (χ4v) is 0.825. The van der Waals surface area contributed by atoms with Crippen molar-refractivity contribution in [3.8, 4) is 6.07 Å². The van der Waals surface area contributed by atoms with Crippen LogP contribution in [0.3, 0.4) is 0 Å². The first-order chi connectivity index (χ1) is 6.19. The highest BCUT2D eigenvalue weighted by Crippen LogP contribution is 2.10. The Morgan fingerprint density at radius 1 is 1.38 bits per heavy atom. The van der Waals surface area contributed by atoms with Crippen LogP contribution in [0.2, 0.25) is 0 Å². The summed E-state index contributed by atoms with van der Waals surface area (Å²) in [6.07, 6.45) is -0.375. The number of rotatable bonds is 5. The molecule has 0 fully saturated rings. The van der Waals surface area contributed by atoms with Crippen LogP contribution < -0.4 is 0 Å². The monoisotopic (exact) mass is 187 g/mol. The molecule has 5 heteroatoms. The lowest BCUT2D eigenvalue weighted by Gasteiger charge is -2.14. The van der Waals surface area contributed by atoms with E-state index in [2.05, 4.69) is 4.74 Å². The minimum atomic E-state index is -0.838. The molecule has 0 aromatic rings. The van der Waals surface area contributed by atoms with Crippen LogP contribution >= 0.6 is 0 Å². The van der Waals surface area contributed by atoms with E-state index in [1.807, 2.05) is 6.07 Å². The van der Waals surface area contributed by atoms with E-state index < -0.39 is 18.2 Å². The molecule has 0 aliphatic carbocycles. The molecule has 0 aliphatic heterocycles. The van der Waals surface area contributed by atoms with E-state index in [0.717, 1.165) is 0 Å². The Kier molecular flexibility index (Phi) is 5.85. The van der Waals surface area contributed by atoms with Gasteiger partial charge in [0, 0.05) is 20.6 Å². The van der Waals surface area contributed by atoms with Crippen molar-refractivity contribution in [3.63, 3.8) is 0 Å². The maximum Gasteiger partial charge on any atom is 0.323 e. The molecule has 0 amide bonds. The second-order valence-electron chi connectivity index (χ2n) is 2.34. The number of ether oxygens (including phenoxy) is 3. The molecule has 0 radical (unpaired) electrons. The summed E-state index contributed by atoms with van der Waals surface area (Å²) in [4.78, 5) is 11.0. The van der Waals surface area contributed by atoms with Crippen LogP contribution in [-0.4, -0.2) is 33.6 Å². The van der Waals surface area contributed by atoms with Crippen LogP contribution in [0.5, 0.6) is 0 Å².